The first kappa shape index (κ1) is 17.4. The minimum absolute atomic E-state index is 0.217. The molecule has 1 fully saturated rings. The highest BCUT2D eigenvalue weighted by Crippen LogP contribution is 2.28. The second kappa shape index (κ2) is 6.93. The molecule has 0 saturated carbocycles. The topological polar surface area (TPSA) is 40.5 Å². The van der Waals surface area contributed by atoms with Crippen LogP contribution < -0.4 is 10.6 Å². The van der Waals surface area contributed by atoms with Gasteiger partial charge in [0.25, 0.3) is 0 Å². The predicted molar refractivity (Wildman–Crippen MR) is 109 cm³/mol. The third-order valence-electron chi connectivity index (χ3n) is 4.93. The fourth-order valence-electron chi connectivity index (χ4n) is 3.46. The summed E-state index contributed by atoms with van der Waals surface area (Å²) in [5.74, 6) is 1.22. The van der Waals surface area contributed by atoms with Crippen LogP contribution in [-0.4, -0.2) is 33.2 Å². The average molecular weight is 385 g/mol. The summed E-state index contributed by atoms with van der Waals surface area (Å²) in [5, 5.41) is 12.5. The summed E-state index contributed by atoms with van der Waals surface area (Å²) in [6, 6.07) is 6.35. The number of benzene rings is 1. The molecule has 2 aliphatic heterocycles. The summed E-state index contributed by atoms with van der Waals surface area (Å²) >= 11 is 6.73. The Balaban J connectivity index is 1.95. The monoisotopic (exact) mass is 384 g/mol. The Morgan fingerprint density at radius 2 is 2.04 bits per heavy atom. The van der Waals surface area contributed by atoms with Crippen LogP contribution in [0.1, 0.15) is 29.7 Å². The molecule has 2 aromatic rings. The van der Waals surface area contributed by atoms with Crippen molar-refractivity contribution in [1.82, 2.24) is 4.57 Å². The Morgan fingerprint density at radius 3 is 2.73 bits per heavy atom. The van der Waals surface area contributed by atoms with Crippen LogP contribution in [0.25, 0.3) is 12.2 Å². The van der Waals surface area contributed by atoms with Gasteiger partial charge in [-0.05, 0) is 67.7 Å². The lowest BCUT2D eigenvalue weighted by atomic mass is 10.1. The number of piperidine rings is 1. The lowest BCUT2D eigenvalue weighted by Gasteiger charge is -2.15. The first-order valence-electron chi connectivity index (χ1n) is 8.93. The van der Waals surface area contributed by atoms with Gasteiger partial charge in [-0.15, -0.1) is 11.3 Å². The van der Waals surface area contributed by atoms with Gasteiger partial charge in [0.05, 0.1) is 23.5 Å². The van der Waals surface area contributed by atoms with Crippen molar-refractivity contribution in [3.8, 4) is 5.88 Å². The zero-order valence-electron chi connectivity index (χ0n) is 15.0. The van der Waals surface area contributed by atoms with E-state index in [1.54, 1.807) is 11.6 Å². The molecule has 3 heterocycles. The highest BCUT2D eigenvalue weighted by Gasteiger charge is 2.24. The fraction of sp³-hybridized carbons (Fsp3) is 0.350. The minimum Gasteiger partial charge on any atom is -0.493 e. The first-order chi connectivity index (χ1) is 12.5. The number of hydrogen-bond donors (Lipinski definition) is 1. The zero-order chi connectivity index (χ0) is 18.3. The van der Waals surface area contributed by atoms with E-state index in [1.807, 2.05) is 6.08 Å². The van der Waals surface area contributed by atoms with Crippen molar-refractivity contribution in [1.29, 1.82) is 0 Å². The summed E-state index contributed by atoms with van der Waals surface area (Å²) in [7, 11) is 1.79. The molecule has 0 spiro atoms. The third-order valence-corrected chi connectivity index (χ3v) is 6.42. The number of hydrogen-bond acceptors (Lipinski definition) is 3. The molecule has 1 N–H and O–H groups in total. The van der Waals surface area contributed by atoms with E-state index < -0.39 is 0 Å². The number of aryl methyl sites for hydroxylation is 1. The molecule has 0 radical (unpaired) electrons. The summed E-state index contributed by atoms with van der Waals surface area (Å²) in [5.41, 5.74) is 2.26. The summed E-state index contributed by atoms with van der Waals surface area (Å²) in [4.78, 5) is 5.76. The van der Waals surface area contributed by atoms with E-state index in [1.165, 1.54) is 36.2 Å². The van der Waals surface area contributed by atoms with Gasteiger partial charge in [0.15, 0.2) is 9.31 Å². The molecule has 4 rings (SSSR count). The highest BCUT2D eigenvalue weighted by molar-refractivity contribution is 7.73. The molecule has 2 aliphatic rings. The van der Waals surface area contributed by atoms with Crippen molar-refractivity contribution in [2.45, 2.75) is 26.2 Å². The van der Waals surface area contributed by atoms with Crippen molar-refractivity contribution in [3.63, 3.8) is 0 Å². The van der Waals surface area contributed by atoms with Crippen LogP contribution in [0, 0.1) is 10.9 Å². The molecule has 134 valence electrons. The van der Waals surface area contributed by atoms with Crippen molar-refractivity contribution >= 4 is 41.5 Å². The smallest absolute Gasteiger partial charge is 0.326 e. The molecule has 0 bridgehead atoms. The molecule has 1 saturated heterocycles. The molecular formula is C20H22N3OS2+. The summed E-state index contributed by atoms with van der Waals surface area (Å²) in [6.07, 6.45) is 7.88. The van der Waals surface area contributed by atoms with Crippen molar-refractivity contribution in [3.05, 3.63) is 48.7 Å². The van der Waals surface area contributed by atoms with Crippen LogP contribution in [0.15, 0.2) is 28.8 Å². The van der Waals surface area contributed by atoms with E-state index in [9.17, 15) is 5.11 Å². The van der Waals surface area contributed by atoms with Gasteiger partial charge in [-0.1, -0.05) is 11.6 Å². The number of aromatic hydroxyl groups is 1. The Kier molecular flexibility index (Phi) is 4.63. The number of fused-ring (bicyclic) bond motifs is 1. The van der Waals surface area contributed by atoms with E-state index in [0.717, 1.165) is 40.0 Å². The van der Waals surface area contributed by atoms with Crippen LogP contribution in [0.3, 0.4) is 0 Å². The highest BCUT2D eigenvalue weighted by atomic mass is 32.1. The minimum atomic E-state index is 0.217. The van der Waals surface area contributed by atoms with Crippen molar-refractivity contribution in [2.75, 3.05) is 13.1 Å². The van der Waals surface area contributed by atoms with Gasteiger partial charge in [-0.3, -0.25) is 9.14 Å². The van der Waals surface area contributed by atoms with Crippen LogP contribution in [0.2, 0.25) is 0 Å². The molecule has 0 aliphatic carbocycles. The predicted octanol–water partition coefficient (Wildman–Crippen LogP) is 2.92. The quantitative estimate of drug-likeness (QED) is 0.607. The molecule has 1 aromatic carbocycles. The van der Waals surface area contributed by atoms with Gasteiger partial charge >= 0.3 is 5.84 Å². The van der Waals surface area contributed by atoms with E-state index in [4.69, 9.17) is 17.2 Å². The number of nitrogens with zero attached hydrogens (tertiary/aromatic N) is 3. The maximum absolute atomic E-state index is 10.4. The molecule has 0 atom stereocenters. The lowest BCUT2D eigenvalue weighted by Crippen LogP contribution is -2.36. The zero-order valence-corrected chi connectivity index (χ0v) is 16.7. The Labute approximate surface area is 161 Å². The molecule has 1 aromatic heterocycles. The summed E-state index contributed by atoms with van der Waals surface area (Å²) < 4.78 is 4.68. The van der Waals surface area contributed by atoms with Crippen LogP contribution in [0.4, 0.5) is 0 Å². The Morgan fingerprint density at radius 1 is 1.27 bits per heavy atom. The average Bonchev–Trinajstić information content (AvgIpc) is 2.88. The number of aromatic nitrogens is 1. The van der Waals surface area contributed by atoms with E-state index in [2.05, 4.69) is 35.8 Å². The maximum Gasteiger partial charge on any atom is 0.326 e. The number of amidine groups is 1. The van der Waals surface area contributed by atoms with Crippen LogP contribution >= 0.6 is 23.6 Å². The Hall–Kier alpha value is -2.05. The normalized spacial score (nSPS) is 18.5. The second-order valence-corrected chi connectivity index (χ2v) is 8.58. The van der Waals surface area contributed by atoms with Gasteiger partial charge in [-0.25, -0.2) is 0 Å². The molecular weight excluding hydrogens is 362 g/mol. The summed E-state index contributed by atoms with van der Waals surface area (Å²) in [6.45, 7) is 4.15. The maximum atomic E-state index is 10.4. The van der Waals surface area contributed by atoms with Crippen LogP contribution in [0.5, 0.6) is 5.88 Å². The van der Waals surface area contributed by atoms with Gasteiger partial charge in [0, 0.05) is 12.3 Å². The molecule has 4 nitrogen and oxygen atoms in total. The number of thiazole rings is 1. The molecule has 6 heteroatoms. The largest absolute Gasteiger partial charge is 0.493 e. The van der Waals surface area contributed by atoms with Crippen molar-refractivity contribution in [2.24, 2.45) is 12.0 Å². The Bertz CT molecular complexity index is 1110. The van der Waals surface area contributed by atoms with Gasteiger partial charge < -0.3 is 5.11 Å². The fourth-order valence-corrected chi connectivity index (χ4v) is 4.64. The van der Waals surface area contributed by atoms with Crippen molar-refractivity contribution < 1.29 is 9.68 Å². The van der Waals surface area contributed by atoms with E-state index in [0.29, 0.717) is 3.95 Å². The molecule has 26 heavy (non-hydrogen) atoms. The molecule has 0 unspecified atom stereocenters. The second-order valence-electron chi connectivity index (χ2n) is 6.90. The number of rotatable bonds is 1. The first-order valence-corrected chi connectivity index (χ1v) is 10.2. The van der Waals surface area contributed by atoms with E-state index in [-0.39, 0.29) is 5.88 Å². The standard InChI is InChI=1S/C20H21N3OS2/c1-13-6-7-16-14(10-13)11-15(12-17-19(24)22(2)20(25)26-17)18(21-16)23-8-4-3-5-9-23/h6-7,10-12H,3-5,8-9H2,1-2H3/p+1. The van der Waals surface area contributed by atoms with Gasteiger partial charge in [0.2, 0.25) is 5.88 Å². The SMILES string of the molecule is Cc1ccc2c(c1)=C/C(=C\c1sc(=S)n(C)c1O)C(=[N+]1CCCCC1)N=2. The lowest BCUT2D eigenvalue weighted by molar-refractivity contribution is -0.537. The molecule has 0 amide bonds. The van der Waals surface area contributed by atoms with Gasteiger partial charge in [-0.2, -0.15) is 0 Å². The van der Waals surface area contributed by atoms with Crippen LogP contribution in [-0.2, 0) is 7.05 Å². The third kappa shape index (κ3) is 3.19. The van der Waals surface area contributed by atoms with Gasteiger partial charge in [0.1, 0.15) is 0 Å². The van der Waals surface area contributed by atoms with E-state index >= 15 is 0 Å².